The Kier molecular flexibility index (Phi) is 5.28. The molecule has 0 saturated heterocycles. The van der Waals surface area contributed by atoms with Gasteiger partial charge in [0.25, 0.3) is 11.6 Å². The number of amides is 1. The molecule has 0 aliphatic carbocycles. The Morgan fingerprint density at radius 3 is 2.83 bits per heavy atom. The summed E-state index contributed by atoms with van der Waals surface area (Å²) in [7, 11) is 0. The van der Waals surface area contributed by atoms with Crippen molar-refractivity contribution in [2.45, 2.75) is 22.7 Å². The summed E-state index contributed by atoms with van der Waals surface area (Å²) in [5, 5.41) is 16.1. The molecule has 0 aliphatic rings. The minimum absolute atomic E-state index is 0.126. The lowest BCUT2D eigenvalue weighted by atomic mass is 10.2. The molecule has 1 amide bonds. The molecule has 4 rings (SSSR count). The quantitative estimate of drug-likeness (QED) is 0.351. The number of rotatable bonds is 6. The van der Waals surface area contributed by atoms with E-state index in [9.17, 15) is 14.9 Å². The topological polar surface area (TPSA) is 114 Å². The Morgan fingerprint density at radius 2 is 2.10 bits per heavy atom. The zero-order chi connectivity index (χ0) is 20.4. The van der Waals surface area contributed by atoms with Crippen LogP contribution in [0.2, 0.25) is 0 Å². The smallest absolute Gasteiger partial charge is 0.284 e. The largest absolute Gasteiger partial charge is 0.345 e. The third-order valence-corrected chi connectivity index (χ3v) is 6.19. The number of hydrogen-bond acceptors (Lipinski definition) is 7. The number of aryl methyl sites for hydroxylation is 1. The fourth-order valence-electron chi connectivity index (χ4n) is 2.72. The van der Waals surface area contributed by atoms with Crippen molar-refractivity contribution in [1.82, 2.24) is 20.3 Å². The number of nitro groups is 1. The Labute approximate surface area is 173 Å². The monoisotopic (exact) mass is 425 g/mol. The van der Waals surface area contributed by atoms with Crippen LogP contribution in [0.3, 0.4) is 0 Å². The van der Waals surface area contributed by atoms with E-state index in [4.69, 9.17) is 0 Å². The standard InChI is InChI=1S/C19H15N5O3S2/c1-11-10-28-19(21-11)29-16-7-6-12(8-15(16)24(26)27)18(25)20-9-17-22-13-4-2-3-5-14(13)23-17/h2-8,10H,9H2,1H3,(H,20,25)(H,22,23). The molecule has 2 aromatic heterocycles. The van der Waals surface area contributed by atoms with Crippen LogP contribution >= 0.6 is 23.1 Å². The normalized spacial score (nSPS) is 10.9. The lowest BCUT2D eigenvalue weighted by molar-refractivity contribution is -0.387. The summed E-state index contributed by atoms with van der Waals surface area (Å²) in [6.45, 7) is 2.06. The van der Waals surface area contributed by atoms with Crippen LogP contribution in [-0.4, -0.2) is 25.8 Å². The number of benzene rings is 2. The van der Waals surface area contributed by atoms with Crippen LogP contribution in [-0.2, 0) is 6.54 Å². The van der Waals surface area contributed by atoms with E-state index in [1.807, 2.05) is 36.6 Å². The molecule has 0 radical (unpaired) electrons. The van der Waals surface area contributed by atoms with Gasteiger partial charge in [-0.05, 0) is 31.2 Å². The molecule has 8 nitrogen and oxygen atoms in total. The van der Waals surface area contributed by atoms with Crippen molar-refractivity contribution in [3.63, 3.8) is 0 Å². The van der Waals surface area contributed by atoms with Gasteiger partial charge < -0.3 is 10.3 Å². The number of aromatic amines is 1. The number of para-hydroxylation sites is 2. The number of nitrogens with one attached hydrogen (secondary N) is 2. The maximum absolute atomic E-state index is 12.5. The molecule has 2 heterocycles. The van der Waals surface area contributed by atoms with Crippen LogP contribution in [0.15, 0.2) is 57.1 Å². The van der Waals surface area contributed by atoms with Crippen molar-refractivity contribution < 1.29 is 9.72 Å². The predicted molar refractivity (Wildman–Crippen MR) is 111 cm³/mol. The molecule has 10 heteroatoms. The van der Waals surface area contributed by atoms with Crippen LogP contribution < -0.4 is 5.32 Å². The van der Waals surface area contributed by atoms with Gasteiger partial charge in [-0.3, -0.25) is 14.9 Å². The number of aromatic nitrogens is 3. The van der Waals surface area contributed by atoms with E-state index in [0.29, 0.717) is 15.1 Å². The minimum atomic E-state index is -0.487. The van der Waals surface area contributed by atoms with Crippen molar-refractivity contribution in [3.05, 3.63) is 75.0 Å². The van der Waals surface area contributed by atoms with E-state index in [2.05, 4.69) is 20.3 Å². The molecule has 0 saturated carbocycles. The van der Waals surface area contributed by atoms with Gasteiger partial charge in [-0.25, -0.2) is 9.97 Å². The Morgan fingerprint density at radius 1 is 1.28 bits per heavy atom. The molecule has 0 bridgehead atoms. The Hall–Kier alpha value is -3.24. The first-order valence-electron chi connectivity index (χ1n) is 8.60. The number of carbonyl (C=O) groups excluding carboxylic acids is 1. The predicted octanol–water partition coefficient (Wildman–Crippen LogP) is 4.32. The molecule has 29 heavy (non-hydrogen) atoms. The highest BCUT2D eigenvalue weighted by Crippen LogP contribution is 2.36. The van der Waals surface area contributed by atoms with Crippen LogP contribution in [0, 0.1) is 17.0 Å². The molecule has 0 unspecified atom stereocenters. The van der Waals surface area contributed by atoms with Crippen LogP contribution in [0.5, 0.6) is 0 Å². The first kappa shape index (κ1) is 19.1. The maximum Gasteiger partial charge on any atom is 0.284 e. The molecule has 0 aliphatic heterocycles. The summed E-state index contributed by atoms with van der Waals surface area (Å²) >= 11 is 2.64. The highest BCUT2D eigenvalue weighted by atomic mass is 32.2. The maximum atomic E-state index is 12.5. The first-order valence-corrected chi connectivity index (χ1v) is 10.3. The molecular formula is C19H15N5O3S2. The number of nitro benzene ring substituents is 1. The van der Waals surface area contributed by atoms with E-state index in [1.54, 1.807) is 12.1 Å². The summed E-state index contributed by atoms with van der Waals surface area (Å²) in [6, 6.07) is 12.0. The van der Waals surface area contributed by atoms with E-state index in [0.717, 1.165) is 16.7 Å². The average molecular weight is 425 g/mol. The van der Waals surface area contributed by atoms with Gasteiger partial charge in [-0.1, -0.05) is 23.9 Å². The highest BCUT2D eigenvalue weighted by Gasteiger charge is 2.19. The van der Waals surface area contributed by atoms with Crippen molar-refractivity contribution in [1.29, 1.82) is 0 Å². The number of hydrogen-bond donors (Lipinski definition) is 2. The second kappa shape index (κ2) is 8.02. The summed E-state index contributed by atoms with van der Waals surface area (Å²) < 4.78 is 0.715. The fraction of sp³-hybridized carbons (Fsp3) is 0.105. The molecule has 0 spiro atoms. The number of thiazole rings is 1. The van der Waals surface area contributed by atoms with E-state index in [-0.39, 0.29) is 17.8 Å². The number of H-pyrrole nitrogens is 1. The lowest BCUT2D eigenvalue weighted by Crippen LogP contribution is -2.23. The number of carbonyl (C=O) groups is 1. The minimum Gasteiger partial charge on any atom is -0.345 e. The van der Waals surface area contributed by atoms with Crippen LogP contribution in [0.1, 0.15) is 21.9 Å². The summed E-state index contributed by atoms with van der Waals surface area (Å²) in [5.74, 6) is 0.204. The Bertz CT molecular complexity index is 1180. The lowest BCUT2D eigenvalue weighted by Gasteiger charge is -2.06. The summed E-state index contributed by atoms with van der Waals surface area (Å²) in [6.07, 6.45) is 0. The number of imidazole rings is 1. The van der Waals surface area contributed by atoms with E-state index in [1.165, 1.54) is 29.2 Å². The van der Waals surface area contributed by atoms with Gasteiger partial charge in [0.05, 0.1) is 27.4 Å². The van der Waals surface area contributed by atoms with Gasteiger partial charge in [0.1, 0.15) is 5.82 Å². The highest BCUT2D eigenvalue weighted by molar-refractivity contribution is 8.01. The average Bonchev–Trinajstić information content (AvgIpc) is 3.31. The van der Waals surface area contributed by atoms with Crippen molar-refractivity contribution in [2.24, 2.45) is 0 Å². The van der Waals surface area contributed by atoms with Gasteiger partial charge >= 0.3 is 0 Å². The summed E-state index contributed by atoms with van der Waals surface area (Å²) in [5.41, 5.74) is 2.64. The molecule has 146 valence electrons. The molecular weight excluding hydrogens is 410 g/mol. The zero-order valence-electron chi connectivity index (χ0n) is 15.2. The van der Waals surface area contributed by atoms with Gasteiger partial charge in [-0.2, -0.15) is 0 Å². The van der Waals surface area contributed by atoms with Gasteiger partial charge in [0.15, 0.2) is 4.34 Å². The molecule has 4 aromatic rings. The van der Waals surface area contributed by atoms with Crippen molar-refractivity contribution in [3.8, 4) is 0 Å². The third kappa shape index (κ3) is 4.28. The van der Waals surface area contributed by atoms with Gasteiger partial charge in [-0.15, -0.1) is 11.3 Å². The Balaban J connectivity index is 1.50. The molecule has 2 N–H and O–H groups in total. The van der Waals surface area contributed by atoms with Crippen LogP contribution in [0.4, 0.5) is 5.69 Å². The third-order valence-electron chi connectivity index (χ3n) is 4.07. The fourth-order valence-corrected chi connectivity index (χ4v) is 4.60. The zero-order valence-corrected chi connectivity index (χ0v) is 16.8. The van der Waals surface area contributed by atoms with Gasteiger partial charge in [0, 0.05) is 22.7 Å². The van der Waals surface area contributed by atoms with Gasteiger partial charge in [0.2, 0.25) is 0 Å². The second-order valence-corrected chi connectivity index (χ2v) is 8.33. The molecule has 0 atom stereocenters. The summed E-state index contributed by atoms with van der Waals surface area (Å²) in [4.78, 5) is 35.8. The first-order chi connectivity index (χ1) is 14.0. The number of fused-ring (bicyclic) bond motifs is 1. The van der Waals surface area contributed by atoms with Crippen molar-refractivity contribution >= 4 is 45.7 Å². The van der Waals surface area contributed by atoms with Crippen LogP contribution in [0.25, 0.3) is 11.0 Å². The second-order valence-electron chi connectivity index (χ2n) is 6.18. The van der Waals surface area contributed by atoms with E-state index >= 15 is 0 Å². The van der Waals surface area contributed by atoms with Crippen molar-refractivity contribution in [2.75, 3.05) is 0 Å². The molecule has 2 aromatic carbocycles. The van der Waals surface area contributed by atoms with E-state index < -0.39 is 10.8 Å². The SMILES string of the molecule is Cc1csc(Sc2ccc(C(=O)NCc3nc4ccccc4[nH]3)cc2[N+](=O)[O-])n1. The number of nitrogens with zero attached hydrogens (tertiary/aromatic N) is 3. The molecule has 0 fully saturated rings.